The van der Waals surface area contributed by atoms with Crippen molar-refractivity contribution in [2.24, 2.45) is 5.41 Å². The zero-order valence-electron chi connectivity index (χ0n) is 12.2. The lowest BCUT2D eigenvalue weighted by Gasteiger charge is -2.22. The quantitative estimate of drug-likeness (QED) is 0.873. The summed E-state index contributed by atoms with van der Waals surface area (Å²) >= 11 is 0. The molecule has 1 atom stereocenters. The van der Waals surface area contributed by atoms with Crippen molar-refractivity contribution in [1.29, 1.82) is 0 Å². The molecule has 0 aromatic heterocycles. The first-order chi connectivity index (χ1) is 8.55. The van der Waals surface area contributed by atoms with Crippen molar-refractivity contribution in [2.75, 3.05) is 25.0 Å². The molecule has 1 heterocycles. The first kappa shape index (κ1) is 13.4. The summed E-state index contributed by atoms with van der Waals surface area (Å²) in [5, 5.41) is 3.36. The van der Waals surface area contributed by atoms with E-state index in [4.69, 9.17) is 0 Å². The van der Waals surface area contributed by atoms with Crippen LogP contribution in [0.3, 0.4) is 0 Å². The van der Waals surface area contributed by atoms with Crippen LogP contribution in [0.25, 0.3) is 0 Å². The number of hydrogen-bond acceptors (Lipinski definition) is 2. The largest absolute Gasteiger partial charge is 0.371 e. The van der Waals surface area contributed by atoms with Crippen LogP contribution < -0.4 is 10.2 Å². The van der Waals surface area contributed by atoms with Gasteiger partial charge in [0.25, 0.3) is 0 Å². The molecule has 0 saturated carbocycles. The van der Waals surface area contributed by atoms with Crippen LogP contribution in [0.2, 0.25) is 0 Å². The van der Waals surface area contributed by atoms with Crippen molar-refractivity contribution in [1.82, 2.24) is 5.32 Å². The Morgan fingerprint density at radius 1 is 1.28 bits per heavy atom. The van der Waals surface area contributed by atoms with Gasteiger partial charge in [-0.05, 0) is 43.0 Å². The van der Waals surface area contributed by atoms with Gasteiger partial charge in [-0.15, -0.1) is 0 Å². The van der Waals surface area contributed by atoms with E-state index < -0.39 is 0 Å². The molecule has 1 aromatic carbocycles. The molecule has 1 unspecified atom stereocenters. The second-order valence-electron chi connectivity index (χ2n) is 6.18. The first-order valence-electron chi connectivity index (χ1n) is 7.08. The number of anilines is 1. The van der Waals surface area contributed by atoms with Crippen LogP contribution in [-0.2, 0) is 0 Å². The zero-order valence-corrected chi connectivity index (χ0v) is 12.2. The molecule has 1 aromatic rings. The molecule has 100 valence electrons. The lowest BCUT2D eigenvalue weighted by atomic mass is 9.93. The van der Waals surface area contributed by atoms with E-state index in [0.717, 1.165) is 6.42 Å². The number of rotatable bonds is 4. The van der Waals surface area contributed by atoms with Crippen molar-refractivity contribution in [3.8, 4) is 0 Å². The highest BCUT2D eigenvalue weighted by Crippen LogP contribution is 2.32. The minimum absolute atomic E-state index is 0.468. The molecule has 1 fully saturated rings. The van der Waals surface area contributed by atoms with Crippen LogP contribution in [0, 0.1) is 5.41 Å². The Morgan fingerprint density at radius 3 is 2.39 bits per heavy atom. The molecule has 2 nitrogen and oxygen atoms in total. The average Bonchev–Trinajstić information content (AvgIpc) is 2.72. The molecule has 0 aliphatic carbocycles. The van der Waals surface area contributed by atoms with Gasteiger partial charge in [-0.25, -0.2) is 0 Å². The number of nitrogens with one attached hydrogen (secondary N) is 1. The van der Waals surface area contributed by atoms with Crippen LogP contribution in [0.1, 0.15) is 45.2 Å². The second-order valence-corrected chi connectivity index (χ2v) is 6.18. The van der Waals surface area contributed by atoms with E-state index in [-0.39, 0.29) is 0 Å². The molecule has 1 N–H and O–H groups in total. The molecule has 0 spiro atoms. The first-order valence-corrected chi connectivity index (χ1v) is 7.08. The molecular formula is C16H26N2. The smallest absolute Gasteiger partial charge is 0.0366 e. The van der Waals surface area contributed by atoms with E-state index in [2.05, 4.69) is 55.3 Å². The van der Waals surface area contributed by atoms with Crippen LogP contribution in [0.15, 0.2) is 24.3 Å². The molecule has 18 heavy (non-hydrogen) atoms. The topological polar surface area (TPSA) is 15.3 Å². The Bertz CT molecular complexity index is 377. The van der Waals surface area contributed by atoms with E-state index in [0.29, 0.717) is 11.5 Å². The molecule has 1 aliphatic rings. The maximum Gasteiger partial charge on any atom is 0.0366 e. The van der Waals surface area contributed by atoms with Gasteiger partial charge in [0.1, 0.15) is 0 Å². The number of hydrogen-bond donors (Lipinski definition) is 1. The van der Waals surface area contributed by atoms with Gasteiger partial charge in [-0.2, -0.15) is 0 Å². The summed E-state index contributed by atoms with van der Waals surface area (Å²) in [4.78, 5) is 2.50. The predicted molar refractivity (Wildman–Crippen MR) is 79.1 cm³/mol. The molecule has 0 radical (unpaired) electrons. The van der Waals surface area contributed by atoms with E-state index >= 15 is 0 Å². The van der Waals surface area contributed by atoms with Gasteiger partial charge in [0.15, 0.2) is 0 Å². The van der Waals surface area contributed by atoms with Crippen molar-refractivity contribution < 1.29 is 0 Å². The zero-order chi connectivity index (χ0) is 13.2. The summed E-state index contributed by atoms with van der Waals surface area (Å²) in [5.41, 5.74) is 3.23. The van der Waals surface area contributed by atoms with Gasteiger partial charge >= 0.3 is 0 Å². The lowest BCUT2D eigenvalue weighted by Crippen LogP contribution is -2.22. The summed E-state index contributed by atoms with van der Waals surface area (Å²) in [5.74, 6) is 0. The van der Waals surface area contributed by atoms with Crippen LogP contribution >= 0.6 is 0 Å². The summed E-state index contributed by atoms with van der Waals surface area (Å²) in [6.45, 7) is 9.30. The van der Waals surface area contributed by atoms with Crippen molar-refractivity contribution in [3.63, 3.8) is 0 Å². The maximum absolute atomic E-state index is 3.36. The average molecular weight is 246 g/mol. The fourth-order valence-electron chi connectivity index (χ4n) is 2.86. The second kappa shape index (κ2) is 5.31. The normalized spacial score (nSPS) is 20.1. The minimum Gasteiger partial charge on any atom is -0.371 e. The molecule has 2 heteroatoms. The van der Waals surface area contributed by atoms with Crippen LogP contribution in [-0.4, -0.2) is 20.1 Å². The van der Waals surface area contributed by atoms with Gasteiger partial charge in [0.05, 0.1) is 0 Å². The molecule has 0 amide bonds. The molecule has 1 saturated heterocycles. The van der Waals surface area contributed by atoms with Gasteiger partial charge in [0, 0.05) is 24.8 Å². The maximum atomic E-state index is 3.36. The van der Waals surface area contributed by atoms with E-state index in [1.807, 2.05) is 7.05 Å². The van der Waals surface area contributed by atoms with Crippen LogP contribution in [0.4, 0.5) is 5.69 Å². The summed E-state index contributed by atoms with van der Waals surface area (Å²) < 4.78 is 0. The molecular weight excluding hydrogens is 220 g/mol. The highest BCUT2D eigenvalue weighted by atomic mass is 15.2. The molecule has 0 bridgehead atoms. The Hall–Kier alpha value is -1.02. The van der Waals surface area contributed by atoms with Crippen LogP contribution in [0.5, 0.6) is 0 Å². The Labute approximate surface area is 111 Å². The fourth-order valence-corrected chi connectivity index (χ4v) is 2.86. The number of benzene rings is 1. The van der Waals surface area contributed by atoms with E-state index in [9.17, 15) is 0 Å². The van der Waals surface area contributed by atoms with Gasteiger partial charge in [0.2, 0.25) is 0 Å². The summed E-state index contributed by atoms with van der Waals surface area (Å²) in [7, 11) is 2.03. The fraction of sp³-hybridized carbons (Fsp3) is 0.625. The van der Waals surface area contributed by atoms with Crippen molar-refractivity contribution >= 4 is 5.69 Å². The standard InChI is InChI=1S/C16H26N2/c1-5-15(17-4)13-6-8-14(9-7-13)18-11-10-16(2,3)12-18/h6-9,15,17H,5,10-12H2,1-4H3. The Balaban J connectivity index is 2.08. The molecule has 2 rings (SSSR count). The third kappa shape index (κ3) is 2.86. The molecule has 1 aliphatic heterocycles. The Morgan fingerprint density at radius 2 is 1.94 bits per heavy atom. The summed E-state index contributed by atoms with van der Waals surface area (Å²) in [6.07, 6.45) is 2.43. The minimum atomic E-state index is 0.468. The third-order valence-corrected chi connectivity index (χ3v) is 4.09. The third-order valence-electron chi connectivity index (χ3n) is 4.09. The highest BCUT2D eigenvalue weighted by Gasteiger charge is 2.29. The van der Waals surface area contributed by atoms with Gasteiger partial charge in [-0.3, -0.25) is 0 Å². The highest BCUT2D eigenvalue weighted by molar-refractivity contribution is 5.49. The Kier molecular flexibility index (Phi) is 3.96. The van der Waals surface area contributed by atoms with Crippen molar-refractivity contribution in [3.05, 3.63) is 29.8 Å². The van der Waals surface area contributed by atoms with Crippen molar-refractivity contribution in [2.45, 2.75) is 39.7 Å². The van der Waals surface area contributed by atoms with E-state index in [1.165, 1.54) is 30.8 Å². The predicted octanol–water partition coefficient (Wildman–Crippen LogP) is 3.59. The number of nitrogens with zero attached hydrogens (tertiary/aromatic N) is 1. The lowest BCUT2D eigenvalue weighted by molar-refractivity contribution is 0.418. The van der Waals surface area contributed by atoms with Gasteiger partial charge < -0.3 is 10.2 Å². The summed E-state index contributed by atoms with van der Waals surface area (Å²) in [6, 6.07) is 9.57. The SMILES string of the molecule is CCC(NC)c1ccc(N2CCC(C)(C)C2)cc1. The van der Waals surface area contributed by atoms with Gasteiger partial charge in [-0.1, -0.05) is 32.9 Å². The van der Waals surface area contributed by atoms with E-state index in [1.54, 1.807) is 0 Å². The monoisotopic (exact) mass is 246 g/mol.